The van der Waals surface area contributed by atoms with Gasteiger partial charge in [-0.3, -0.25) is 0 Å². The molecule has 38 valence electrons. The van der Waals surface area contributed by atoms with Gasteiger partial charge in [0.05, 0.1) is 6.07 Å². The minimum Gasteiger partial charge on any atom is -0.324 e. The smallest absolute Gasteiger partial charge is 0.0957 e. The number of rotatable bonds is 1. The van der Waals surface area contributed by atoms with Crippen LogP contribution in [-0.2, 0) is 0 Å². The first-order valence-corrected chi connectivity index (χ1v) is 2.03. The Morgan fingerprint density at radius 3 is 2.43 bits per heavy atom. The van der Waals surface area contributed by atoms with Gasteiger partial charge in [-0.15, -0.1) is 0 Å². The third kappa shape index (κ3) is 1.96. The predicted molar refractivity (Wildman–Crippen MR) is 28.4 cm³/mol. The lowest BCUT2D eigenvalue weighted by molar-refractivity contribution is 0.893. The summed E-state index contributed by atoms with van der Waals surface area (Å²) >= 11 is 0. The fourth-order valence-electron chi connectivity index (χ4n) is 0.102. The molecule has 2 heteroatoms. The van der Waals surface area contributed by atoms with E-state index in [1.165, 1.54) is 0 Å². The van der Waals surface area contributed by atoms with Crippen LogP contribution in [0.15, 0.2) is 12.2 Å². The summed E-state index contributed by atoms with van der Waals surface area (Å²) in [6.07, 6.45) is 0. The van der Waals surface area contributed by atoms with E-state index in [0.717, 1.165) is 0 Å². The van der Waals surface area contributed by atoms with Gasteiger partial charge >= 0.3 is 0 Å². The summed E-state index contributed by atoms with van der Waals surface area (Å²) < 4.78 is 0. The lowest BCUT2D eigenvalue weighted by atomic mass is 10.2. The summed E-state index contributed by atoms with van der Waals surface area (Å²) in [7, 11) is 0. The number of hydrogen-bond acceptors (Lipinski definition) is 2. The molecule has 0 aliphatic heterocycles. The van der Waals surface area contributed by atoms with E-state index in [9.17, 15) is 0 Å². The molecule has 7 heavy (non-hydrogen) atoms. The number of hydrogen-bond donors (Lipinski definition) is 1. The molecule has 0 aromatic heterocycles. The van der Waals surface area contributed by atoms with Crippen molar-refractivity contribution in [3.8, 4) is 6.07 Å². The molecule has 0 aliphatic carbocycles. The van der Waals surface area contributed by atoms with E-state index in [1.807, 2.05) is 6.07 Å². The van der Waals surface area contributed by atoms with Gasteiger partial charge in [0.15, 0.2) is 0 Å². The summed E-state index contributed by atoms with van der Waals surface area (Å²) in [6, 6.07) is 1.66. The van der Waals surface area contributed by atoms with Gasteiger partial charge in [-0.1, -0.05) is 6.58 Å². The summed E-state index contributed by atoms with van der Waals surface area (Å²) in [5, 5.41) is 8.08. The van der Waals surface area contributed by atoms with Crippen LogP contribution in [-0.4, -0.2) is 6.04 Å². The Hall–Kier alpha value is -0.810. The molecule has 2 nitrogen and oxygen atoms in total. The van der Waals surface area contributed by atoms with E-state index in [4.69, 9.17) is 11.0 Å². The predicted octanol–water partition coefficient (Wildman–Crippen LogP) is 0.413. The Morgan fingerprint density at radius 1 is 2.00 bits per heavy atom. The van der Waals surface area contributed by atoms with E-state index in [0.29, 0.717) is 5.57 Å². The van der Waals surface area contributed by atoms with E-state index < -0.39 is 0 Å². The molecule has 0 aliphatic rings. The summed E-state index contributed by atoms with van der Waals surface area (Å²) in [6.45, 7) is 5.11. The fraction of sp³-hybridized carbons (Fsp3) is 0.400. The maximum atomic E-state index is 8.08. The topological polar surface area (TPSA) is 49.8 Å². The van der Waals surface area contributed by atoms with Crippen molar-refractivity contribution in [1.82, 2.24) is 0 Å². The van der Waals surface area contributed by atoms with Crippen molar-refractivity contribution in [3.63, 3.8) is 0 Å². The average Bonchev–Trinajstić information content (AvgIpc) is 1.65. The maximum Gasteiger partial charge on any atom is 0.0957 e. The van der Waals surface area contributed by atoms with Crippen LogP contribution < -0.4 is 5.73 Å². The summed E-state index contributed by atoms with van der Waals surface area (Å²) in [4.78, 5) is 0. The second-order valence-corrected chi connectivity index (χ2v) is 1.43. The van der Waals surface area contributed by atoms with E-state index >= 15 is 0 Å². The van der Waals surface area contributed by atoms with Crippen molar-refractivity contribution in [1.29, 1.82) is 5.26 Å². The molecule has 0 fully saturated rings. The van der Waals surface area contributed by atoms with Gasteiger partial charge in [0, 0.05) is 11.6 Å². The first-order chi connectivity index (χ1) is 3.18. The van der Waals surface area contributed by atoms with Crippen molar-refractivity contribution in [2.24, 2.45) is 5.73 Å². The van der Waals surface area contributed by atoms with Crippen molar-refractivity contribution in [3.05, 3.63) is 12.2 Å². The normalized spacial score (nSPS) is 12.1. The lowest BCUT2D eigenvalue weighted by Crippen LogP contribution is -2.15. The number of nitrogens with two attached hydrogens (primary N) is 1. The molecule has 1 atom stereocenters. The molecular formula is C5H8N2. The Labute approximate surface area is 43.2 Å². The van der Waals surface area contributed by atoms with E-state index in [1.54, 1.807) is 6.92 Å². The molecule has 2 N–H and O–H groups in total. The molecule has 0 rings (SSSR count). The zero-order valence-corrected chi connectivity index (χ0v) is 4.31. The van der Waals surface area contributed by atoms with Gasteiger partial charge in [-0.05, 0) is 6.92 Å². The van der Waals surface area contributed by atoms with Crippen LogP contribution in [0.4, 0.5) is 0 Å². The monoisotopic (exact) mass is 96.1 g/mol. The van der Waals surface area contributed by atoms with Crippen molar-refractivity contribution < 1.29 is 0 Å². The Kier molecular flexibility index (Phi) is 2.10. The van der Waals surface area contributed by atoms with Gasteiger partial charge in [-0.2, -0.15) is 5.26 Å². The van der Waals surface area contributed by atoms with Gasteiger partial charge in [-0.25, -0.2) is 0 Å². The molecule has 0 aromatic rings. The molecular weight excluding hydrogens is 88.1 g/mol. The molecule has 0 bridgehead atoms. The van der Waals surface area contributed by atoms with Crippen molar-refractivity contribution in [2.45, 2.75) is 13.0 Å². The molecule has 0 saturated heterocycles. The van der Waals surface area contributed by atoms with Crippen LogP contribution in [0.5, 0.6) is 0 Å². The molecule has 0 aromatic carbocycles. The second kappa shape index (κ2) is 2.38. The van der Waals surface area contributed by atoms with Crippen molar-refractivity contribution >= 4 is 0 Å². The number of nitrogens with zero attached hydrogens (tertiary/aromatic N) is 1. The highest BCUT2D eigenvalue weighted by Gasteiger charge is 1.94. The Balaban J connectivity index is 3.64. The van der Waals surface area contributed by atoms with Gasteiger partial charge < -0.3 is 5.73 Å². The van der Waals surface area contributed by atoms with Gasteiger partial charge in [0.2, 0.25) is 0 Å². The first-order valence-electron chi connectivity index (χ1n) is 2.03. The summed E-state index contributed by atoms with van der Waals surface area (Å²) in [5.41, 5.74) is 5.65. The molecule has 1 unspecified atom stereocenters. The maximum absolute atomic E-state index is 8.08. The van der Waals surface area contributed by atoms with Crippen LogP contribution in [0.25, 0.3) is 0 Å². The van der Waals surface area contributed by atoms with Crippen LogP contribution >= 0.6 is 0 Å². The Morgan fingerprint density at radius 2 is 2.43 bits per heavy atom. The standard InChI is InChI=1S/C5H8N2/c1-4(3-6)5(2)7/h5H,1,7H2,2H3. The second-order valence-electron chi connectivity index (χ2n) is 1.43. The third-order valence-electron chi connectivity index (χ3n) is 0.693. The quantitative estimate of drug-likeness (QED) is 0.481. The van der Waals surface area contributed by atoms with Crippen molar-refractivity contribution in [2.75, 3.05) is 0 Å². The van der Waals surface area contributed by atoms with Crippen LogP contribution in [0.3, 0.4) is 0 Å². The summed E-state index contributed by atoms with van der Waals surface area (Å²) in [5.74, 6) is 0. The van der Waals surface area contributed by atoms with E-state index in [2.05, 4.69) is 6.58 Å². The fourth-order valence-corrected chi connectivity index (χ4v) is 0.102. The molecule has 0 heterocycles. The van der Waals surface area contributed by atoms with Gasteiger partial charge in [0.1, 0.15) is 0 Å². The van der Waals surface area contributed by atoms with Crippen LogP contribution in [0.2, 0.25) is 0 Å². The van der Waals surface area contributed by atoms with Crippen LogP contribution in [0.1, 0.15) is 6.92 Å². The lowest BCUT2D eigenvalue weighted by Gasteiger charge is -1.95. The number of nitriles is 1. The highest BCUT2D eigenvalue weighted by atomic mass is 14.6. The molecule has 0 amide bonds. The highest BCUT2D eigenvalue weighted by molar-refractivity contribution is 5.20. The highest BCUT2D eigenvalue weighted by Crippen LogP contribution is 1.89. The Bertz CT molecular complexity index is 108. The SMILES string of the molecule is C=C(C#N)C(C)N. The minimum absolute atomic E-state index is 0.190. The first kappa shape index (κ1) is 6.19. The average molecular weight is 96.1 g/mol. The molecule has 0 radical (unpaired) electrons. The van der Waals surface area contributed by atoms with Gasteiger partial charge in [0.25, 0.3) is 0 Å². The largest absolute Gasteiger partial charge is 0.324 e. The zero-order chi connectivity index (χ0) is 5.86. The molecule has 0 saturated carbocycles. The zero-order valence-electron chi connectivity index (χ0n) is 4.31. The molecule has 0 spiro atoms. The van der Waals surface area contributed by atoms with E-state index in [-0.39, 0.29) is 6.04 Å². The minimum atomic E-state index is -0.190. The third-order valence-corrected chi connectivity index (χ3v) is 0.693. The van der Waals surface area contributed by atoms with Crippen LogP contribution in [0, 0.1) is 11.3 Å².